The van der Waals surface area contributed by atoms with E-state index in [4.69, 9.17) is 18.9 Å². The summed E-state index contributed by atoms with van der Waals surface area (Å²) < 4.78 is 22.0. The van der Waals surface area contributed by atoms with Gasteiger partial charge in [-0.05, 0) is 47.2 Å². The Labute approximate surface area is 141 Å². The number of hydrogen-bond donors (Lipinski definition) is 0. The van der Waals surface area contributed by atoms with Gasteiger partial charge in [0, 0.05) is 11.1 Å². The second-order valence-electron chi connectivity index (χ2n) is 5.30. The van der Waals surface area contributed by atoms with E-state index in [2.05, 4.69) is 0 Å². The van der Waals surface area contributed by atoms with Crippen molar-refractivity contribution in [1.29, 1.82) is 0 Å². The van der Waals surface area contributed by atoms with Gasteiger partial charge in [-0.3, -0.25) is 0 Å². The molecule has 0 unspecified atom stereocenters. The Morgan fingerprint density at radius 2 is 1.17 bits per heavy atom. The van der Waals surface area contributed by atoms with Crippen molar-refractivity contribution in [2.24, 2.45) is 0 Å². The molecule has 0 aliphatic rings. The summed E-state index contributed by atoms with van der Waals surface area (Å²) in [6.45, 7) is 0. The molecule has 0 fully saturated rings. The minimum absolute atomic E-state index is 0.754. The zero-order valence-corrected chi connectivity index (χ0v) is 14.3. The Morgan fingerprint density at radius 3 is 1.83 bits per heavy atom. The monoisotopic (exact) mass is 324 g/mol. The lowest BCUT2D eigenvalue weighted by Crippen LogP contribution is -1.95. The molecule has 4 nitrogen and oxygen atoms in total. The lowest BCUT2D eigenvalue weighted by molar-refractivity contribution is 0.402. The minimum atomic E-state index is 0.754. The maximum atomic E-state index is 5.62. The van der Waals surface area contributed by atoms with Gasteiger partial charge in [0.2, 0.25) is 0 Å². The molecular formula is C20H20O4. The van der Waals surface area contributed by atoms with E-state index in [0.29, 0.717) is 0 Å². The average Bonchev–Trinajstić information content (AvgIpc) is 2.65. The number of fused-ring (bicyclic) bond motifs is 1. The van der Waals surface area contributed by atoms with E-state index in [9.17, 15) is 0 Å². The van der Waals surface area contributed by atoms with Crippen molar-refractivity contribution < 1.29 is 18.9 Å². The van der Waals surface area contributed by atoms with E-state index in [1.165, 1.54) is 0 Å². The van der Waals surface area contributed by atoms with E-state index in [-0.39, 0.29) is 0 Å². The molecule has 3 aromatic carbocycles. The van der Waals surface area contributed by atoms with Gasteiger partial charge in [-0.15, -0.1) is 0 Å². The van der Waals surface area contributed by atoms with Gasteiger partial charge in [0.15, 0.2) is 0 Å². The Balaban J connectivity index is 2.39. The fourth-order valence-corrected chi connectivity index (χ4v) is 2.86. The summed E-state index contributed by atoms with van der Waals surface area (Å²) >= 11 is 0. The predicted octanol–water partition coefficient (Wildman–Crippen LogP) is 4.54. The summed E-state index contributed by atoms with van der Waals surface area (Å²) in [5, 5.41) is 2.12. The van der Waals surface area contributed by atoms with Crippen LogP contribution in [0.25, 0.3) is 21.9 Å². The van der Waals surface area contributed by atoms with Gasteiger partial charge in [0.25, 0.3) is 0 Å². The average molecular weight is 324 g/mol. The van der Waals surface area contributed by atoms with Gasteiger partial charge in [-0.1, -0.05) is 12.1 Å². The lowest BCUT2D eigenvalue weighted by Gasteiger charge is -2.16. The van der Waals surface area contributed by atoms with Gasteiger partial charge in [-0.25, -0.2) is 0 Å². The fraction of sp³-hybridized carbons (Fsp3) is 0.200. The van der Waals surface area contributed by atoms with Crippen molar-refractivity contribution in [3.05, 3.63) is 48.5 Å². The van der Waals surface area contributed by atoms with Crippen LogP contribution in [-0.2, 0) is 0 Å². The van der Waals surface area contributed by atoms with Crippen LogP contribution in [-0.4, -0.2) is 28.4 Å². The van der Waals surface area contributed by atoms with Crippen LogP contribution in [0.1, 0.15) is 0 Å². The standard InChI is InChI=1S/C20H20O4/c1-21-14-7-5-13-6-9-19(24-4)20(16(13)11-14)17-12-15(22-2)8-10-18(17)23-3/h5-12H,1-4H3. The Kier molecular flexibility index (Phi) is 4.47. The molecule has 0 saturated carbocycles. The first-order chi connectivity index (χ1) is 11.7. The summed E-state index contributed by atoms with van der Waals surface area (Å²) in [6, 6.07) is 15.7. The number of ether oxygens (including phenoxy) is 4. The van der Waals surface area contributed by atoms with Crippen LogP contribution >= 0.6 is 0 Å². The van der Waals surface area contributed by atoms with Gasteiger partial charge in [-0.2, -0.15) is 0 Å². The molecule has 124 valence electrons. The van der Waals surface area contributed by atoms with E-state index in [1.807, 2.05) is 48.5 Å². The van der Waals surface area contributed by atoms with Crippen LogP contribution in [0.15, 0.2) is 48.5 Å². The first-order valence-electron chi connectivity index (χ1n) is 7.59. The van der Waals surface area contributed by atoms with Gasteiger partial charge in [0.05, 0.1) is 28.4 Å². The van der Waals surface area contributed by atoms with Gasteiger partial charge >= 0.3 is 0 Å². The quantitative estimate of drug-likeness (QED) is 0.690. The number of rotatable bonds is 5. The number of methoxy groups -OCH3 is 4. The van der Waals surface area contributed by atoms with Crippen LogP contribution in [0.2, 0.25) is 0 Å². The second-order valence-corrected chi connectivity index (χ2v) is 5.30. The molecule has 0 aliphatic carbocycles. The molecule has 3 rings (SSSR count). The smallest absolute Gasteiger partial charge is 0.127 e. The summed E-state index contributed by atoms with van der Waals surface area (Å²) in [4.78, 5) is 0. The van der Waals surface area contributed by atoms with E-state index in [1.54, 1.807) is 28.4 Å². The van der Waals surface area contributed by atoms with Crippen LogP contribution in [0.3, 0.4) is 0 Å². The second kappa shape index (κ2) is 6.71. The molecule has 0 bridgehead atoms. The Bertz CT molecular complexity index is 866. The van der Waals surface area contributed by atoms with E-state index >= 15 is 0 Å². The zero-order valence-electron chi connectivity index (χ0n) is 14.3. The van der Waals surface area contributed by atoms with Crippen LogP contribution in [0.5, 0.6) is 23.0 Å². The molecular weight excluding hydrogens is 304 g/mol. The highest BCUT2D eigenvalue weighted by Gasteiger charge is 2.16. The molecule has 0 heterocycles. The van der Waals surface area contributed by atoms with Crippen molar-refractivity contribution in [3.8, 4) is 34.1 Å². The van der Waals surface area contributed by atoms with Crippen molar-refractivity contribution >= 4 is 10.8 Å². The van der Waals surface area contributed by atoms with Crippen LogP contribution in [0.4, 0.5) is 0 Å². The topological polar surface area (TPSA) is 36.9 Å². The predicted molar refractivity (Wildman–Crippen MR) is 95.6 cm³/mol. The summed E-state index contributed by atoms with van der Waals surface area (Å²) in [5.41, 5.74) is 1.86. The fourth-order valence-electron chi connectivity index (χ4n) is 2.86. The first-order valence-corrected chi connectivity index (χ1v) is 7.59. The minimum Gasteiger partial charge on any atom is -0.497 e. The first kappa shape index (κ1) is 16.0. The normalized spacial score (nSPS) is 10.5. The Hall–Kier alpha value is -2.88. The highest BCUT2D eigenvalue weighted by molar-refractivity contribution is 6.02. The molecule has 0 amide bonds. The molecule has 0 aliphatic heterocycles. The molecule has 0 radical (unpaired) electrons. The van der Waals surface area contributed by atoms with Crippen LogP contribution in [0, 0.1) is 0 Å². The van der Waals surface area contributed by atoms with E-state index < -0.39 is 0 Å². The summed E-state index contributed by atoms with van der Waals surface area (Å²) in [5.74, 6) is 3.07. The molecule has 24 heavy (non-hydrogen) atoms. The van der Waals surface area contributed by atoms with Crippen molar-refractivity contribution in [2.45, 2.75) is 0 Å². The lowest BCUT2D eigenvalue weighted by atomic mass is 9.96. The molecule has 0 spiro atoms. The third-order valence-corrected chi connectivity index (χ3v) is 4.09. The maximum Gasteiger partial charge on any atom is 0.127 e. The number of benzene rings is 3. The SMILES string of the molecule is COc1ccc(OC)c(-c2c(OC)ccc3ccc(OC)cc23)c1. The largest absolute Gasteiger partial charge is 0.497 e. The summed E-state index contributed by atoms with van der Waals surface area (Å²) in [6.07, 6.45) is 0. The molecule has 0 aromatic heterocycles. The Morgan fingerprint density at radius 1 is 0.583 bits per heavy atom. The molecule has 0 N–H and O–H groups in total. The van der Waals surface area contributed by atoms with Crippen LogP contribution < -0.4 is 18.9 Å². The maximum absolute atomic E-state index is 5.62. The highest BCUT2D eigenvalue weighted by Crippen LogP contribution is 2.43. The molecule has 0 atom stereocenters. The number of hydrogen-bond acceptors (Lipinski definition) is 4. The highest BCUT2D eigenvalue weighted by atomic mass is 16.5. The zero-order chi connectivity index (χ0) is 17.1. The molecule has 4 heteroatoms. The van der Waals surface area contributed by atoms with Gasteiger partial charge in [0.1, 0.15) is 23.0 Å². The van der Waals surface area contributed by atoms with Crippen molar-refractivity contribution in [1.82, 2.24) is 0 Å². The van der Waals surface area contributed by atoms with E-state index in [0.717, 1.165) is 44.9 Å². The van der Waals surface area contributed by atoms with Crippen molar-refractivity contribution in [3.63, 3.8) is 0 Å². The summed E-state index contributed by atoms with van der Waals surface area (Å²) in [7, 11) is 6.63. The van der Waals surface area contributed by atoms with Crippen molar-refractivity contribution in [2.75, 3.05) is 28.4 Å². The third-order valence-electron chi connectivity index (χ3n) is 4.09. The molecule has 3 aromatic rings. The third kappa shape index (κ3) is 2.71. The molecule has 0 saturated heterocycles. The van der Waals surface area contributed by atoms with Gasteiger partial charge < -0.3 is 18.9 Å².